The molecule has 1 N–H and O–H groups in total. The minimum Gasteiger partial charge on any atom is -0.310 e. The Morgan fingerprint density at radius 2 is 2.00 bits per heavy atom. The molecule has 0 radical (unpaired) electrons. The lowest BCUT2D eigenvalue weighted by Crippen LogP contribution is -2.22. The molecule has 0 aliphatic rings. The maximum Gasteiger partial charge on any atom is 0.433 e. The topological polar surface area (TPSA) is 45.8 Å². The van der Waals surface area contributed by atoms with Gasteiger partial charge in [0.15, 0.2) is 5.69 Å². The number of halogens is 3. The largest absolute Gasteiger partial charge is 0.433 e. The number of aromatic nitrogens is 2. The van der Waals surface area contributed by atoms with E-state index in [-0.39, 0.29) is 12.2 Å². The molecule has 1 heterocycles. The average Bonchev–Trinajstić information content (AvgIpc) is 2.07. The van der Waals surface area contributed by atoms with Crippen LogP contribution < -0.4 is 5.56 Å². The van der Waals surface area contributed by atoms with Crippen molar-refractivity contribution in [2.24, 2.45) is 0 Å². The lowest BCUT2D eigenvalue weighted by molar-refractivity contribution is -0.141. The summed E-state index contributed by atoms with van der Waals surface area (Å²) >= 11 is 0. The van der Waals surface area contributed by atoms with E-state index in [1.54, 1.807) is 6.92 Å². The van der Waals surface area contributed by atoms with Gasteiger partial charge in [0.1, 0.15) is 5.82 Å². The van der Waals surface area contributed by atoms with Crippen LogP contribution in [0.2, 0.25) is 0 Å². The molecule has 1 aromatic heterocycles. The number of aryl methyl sites for hydroxylation is 1. The summed E-state index contributed by atoms with van der Waals surface area (Å²) < 4.78 is 37.0. The number of alkyl halides is 3. The Labute approximate surface area is 78.0 Å². The van der Waals surface area contributed by atoms with Gasteiger partial charge in [-0.05, 0) is 6.92 Å². The molecule has 0 unspecified atom stereocenters. The lowest BCUT2D eigenvalue weighted by atomic mass is 10.2. The predicted octanol–water partition coefficient (Wildman–Crippen LogP) is 1.66. The maximum atomic E-state index is 12.3. The van der Waals surface area contributed by atoms with Crippen molar-refractivity contribution in [3.05, 3.63) is 27.4 Å². The smallest absolute Gasteiger partial charge is 0.310 e. The van der Waals surface area contributed by atoms with Crippen molar-refractivity contribution in [3.63, 3.8) is 0 Å². The van der Waals surface area contributed by atoms with Crippen LogP contribution in [0, 0.1) is 6.92 Å². The molecular weight excluding hydrogens is 197 g/mol. The average molecular weight is 206 g/mol. The molecule has 0 saturated heterocycles. The summed E-state index contributed by atoms with van der Waals surface area (Å²) in [5.74, 6) is 0.0490. The number of aromatic amines is 1. The van der Waals surface area contributed by atoms with E-state index < -0.39 is 23.0 Å². The molecule has 3 nitrogen and oxygen atoms in total. The number of hydrogen-bond acceptors (Lipinski definition) is 2. The molecule has 0 aliphatic heterocycles. The van der Waals surface area contributed by atoms with Gasteiger partial charge in [-0.2, -0.15) is 13.2 Å². The number of hydrogen-bond donors (Lipinski definition) is 1. The Balaban J connectivity index is 3.43. The van der Waals surface area contributed by atoms with Crippen molar-refractivity contribution in [1.82, 2.24) is 9.97 Å². The Bertz CT molecular complexity index is 395. The number of nitrogens with zero attached hydrogens (tertiary/aromatic N) is 1. The zero-order valence-corrected chi connectivity index (χ0v) is 7.70. The molecule has 0 atom stereocenters. The summed E-state index contributed by atoms with van der Waals surface area (Å²) in [5, 5.41) is 0. The van der Waals surface area contributed by atoms with E-state index in [9.17, 15) is 18.0 Å². The third kappa shape index (κ3) is 1.94. The summed E-state index contributed by atoms with van der Waals surface area (Å²) in [6, 6.07) is 0. The monoisotopic (exact) mass is 206 g/mol. The number of rotatable bonds is 1. The van der Waals surface area contributed by atoms with Crippen molar-refractivity contribution < 1.29 is 13.2 Å². The molecular formula is C8H9F3N2O. The fourth-order valence-corrected chi connectivity index (χ4v) is 1.02. The fraction of sp³-hybridized carbons (Fsp3) is 0.500. The summed E-state index contributed by atoms with van der Waals surface area (Å²) in [6.07, 6.45) is -4.30. The Morgan fingerprint density at radius 1 is 1.43 bits per heavy atom. The Kier molecular flexibility index (Phi) is 2.64. The van der Waals surface area contributed by atoms with E-state index >= 15 is 0 Å². The van der Waals surface area contributed by atoms with E-state index in [4.69, 9.17) is 0 Å². The van der Waals surface area contributed by atoms with E-state index in [0.29, 0.717) is 0 Å². The van der Waals surface area contributed by atoms with Crippen molar-refractivity contribution in [2.45, 2.75) is 26.4 Å². The van der Waals surface area contributed by atoms with Gasteiger partial charge in [0.25, 0.3) is 5.56 Å². The quantitative estimate of drug-likeness (QED) is 0.759. The second kappa shape index (κ2) is 3.43. The first kappa shape index (κ1) is 10.7. The minimum atomic E-state index is -4.57. The van der Waals surface area contributed by atoms with Crippen LogP contribution in [0.5, 0.6) is 0 Å². The molecule has 0 spiro atoms. The van der Waals surface area contributed by atoms with Crippen LogP contribution in [0.25, 0.3) is 0 Å². The fourth-order valence-electron chi connectivity index (χ4n) is 1.02. The first-order chi connectivity index (χ1) is 6.36. The van der Waals surface area contributed by atoms with Gasteiger partial charge in [-0.15, -0.1) is 0 Å². The van der Waals surface area contributed by atoms with Crippen molar-refractivity contribution in [1.29, 1.82) is 0 Å². The molecule has 0 aliphatic carbocycles. The van der Waals surface area contributed by atoms with Crippen LogP contribution in [-0.2, 0) is 12.6 Å². The SMILES string of the molecule is CCc1nc(C(F)(F)F)c(C)c(=O)[nH]1. The van der Waals surface area contributed by atoms with Gasteiger partial charge in [-0.1, -0.05) is 6.92 Å². The van der Waals surface area contributed by atoms with Crippen LogP contribution >= 0.6 is 0 Å². The zero-order chi connectivity index (χ0) is 10.9. The molecule has 0 bridgehead atoms. The molecule has 1 aromatic rings. The second-order valence-corrected chi connectivity index (χ2v) is 2.84. The molecule has 1 rings (SSSR count). The normalized spacial score (nSPS) is 11.8. The van der Waals surface area contributed by atoms with Crippen molar-refractivity contribution >= 4 is 0 Å². The Morgan fingerprint density at radius 3 is 2.43 bits per heavy atom. The number of nitrogens with one attached hydrogen (secondary N) is 1. The molecule has 78 valence electrons. The van der Waals surface area contributed by atoms with Crippen LogP contribution in [0.1, 0.15) is 24.0 Å². The van der Waals surface area contributed by atoms with E-state index in [1.165, 1.54) is 0 Å². The van der Waals surface area contributed by atoms with Crippen LogP contribution in [0.3, 0.4) is 0 Å². The van der Waals surface area contributed by atoms with Gasteiger partial charge in [0.05, 0.1) is 0 Å². The predicted molar refractivity (Wildman–Crippen MR) is 44.0 cm³/mol. The van der Waals surface area contributed by atoms with Gasteiger partial charge >= 0.3 is 6.18 Å². The lowest BCUT2D eigenvalue weighted by Gasteiger charge is -2.09. The van der Waals surface area contributed by atoms with E-state index in [2.05, 4.69) is 9.97 Å². The molecule has 0 saturated carbocycles. The van der Waals surface area contributed by atoms with Gasteiger partial charge < -0.3 is 4.98 Å². The molecule has 6 heteroatoms. The first-order valence-corrected chi connectivity index (χ1v) is 4.03. The minimum absolute atomic E-state index is 0.0490. The summed E-state index contributed by atoms with van der Waals surface area (Å²) in [5.41, 5.74) is -2.23. The van der Waals surface area contributed by atoms with Crippen LogP contribution in [-0.4, -0.2) is 9.97 Å². The third-order valence-corrected chi connectivity index (χ3v) is 1.80. The maximum absolute atomic E-state index is 12.3. The third-order valence-electron chi connectivity index (χ3n) is 1.80. The first-order valence-electron chi connectivity index (χ1n) is 4.03. The van der Waals surface area contributed by atoms with Gasteiger partial charge in [0.2, 0.25) is 0 Å². The van der Waals surface area contributed by atoms with Gasteiger partial charge in [-0.3, -0.25) is 4.79 Å². The van der Waals surface area contributed by atoms with Gasteiger partial charge in [-0.25, -0.2) is 4.98 Å². The highest BCUT2D eigenvalue weighted by Gasteiger charge is 2.35. The summed E-state index contributed by atoms with van der Waals surface area (Å²) in [7, 11) is 0. The van der Waals surface area contributed by atoms with Crippen molar-refractivity contribution in [2.75, 3.05) is 0 Å². The Hall–Kier alpha value is -1.33. The van der Waals surface area contributed by atoms with Crippen LogP contribution in [0.4, 0.5) is 13.2 Å². The van der Waals surface area contributed by atoms with E-state index in [0.717, 1.165) is 6.92 Å². The second-order valence-electron chi connectivity index (χ2n) is 2.84. The van der Waals surface area contributed by atoms with Gasteiger partial charge in [0, 0.05) is 12.0 Å². The van der Waals surface area contributed by atoms with E-state index in [1.807, 2.05) is 0 Å². The summed E-state index contributed by atoms with van der Waals surface area (Å²) in [4.78, 5) is 16.7. The highest BCUT2D eigenvalue weighted by Crippen LogP contribution is 2.28. The molecule has 0 fully saturated rings. The highest BCUT2D eigenvalue weighted by atomic mass is 19.4. The summed E-state index contributed by atoms with van der Waals surface area (Å²) in [6.45, 7) is 2.72. The van der Waals surface area contributed by atoms with Crippen LogP contribution in [0.15, 0.2) is 4.79 Å². The number of H-pyrrole nitrogens is 1. The van der Waals surface area contributed by atoms with Crippen molar-refractivity contribution in [3.8, 4) is 0 Å². The standard InChI is InChI=1S/C8H9F3N2O/c1-3-5-12-6(8(9,10)11)4(2)7(14)13-5/h3H2,1-2H3,(H,12,13,14). The zero-order valence-electron chi connectivity index (χ0n) is 7.70. The highest BCUT2D eigenvalue weighted by molar-refractivity contribution is 5.18. The molecule has 0 amide bonds. The molecule has 0 aromatic carbocycles. The molecule has 14 heavy (non-hydrogen) atoms.